The zero-order valence-electron chi connectivity index (χ0n) is 4.27. The first-order valence-electron chi connectivity index (χ1n) is 2.10. The zero-order chi connectivity index (χ0) is 6.69. The molecule has 0 saturated heterocycles. The van der Waals surface area contributed by atoms with Gasteiger partial charge in [0, 0.05) is 0 Å². The lowest BCUT2D eigenvalue weighted by Gasteiger charge is -1.82. The van der Waals surface area contributed by atoms with Crippen molar-refractivity contribution in [3.8, 4) is 0 Å². The third-order valence-corrected chi connectivity index (χ3v) is 0.842. The molecule has 0 amide bonds. The van der Waals surface area contributed by atoms with E-state index in [2.05, 4.69) is 26.6 Å². The van der Waals surface area contributed by atoms with E-state index in [1.54, 1.807) is 0 Å². The highest BCUT2D eigenvalue weighted by molar-refractivity contribution is 7.79. The standard InChI is InChI=1S/C4H2N2O2S/c7-4-6-2-5-3(1-9)8-4/h1-2H. The van der Waals surface area contributed by atoms with E-state index in [0.29, 0.717) is 0 Å². The molecule has 5 heteroatoms. The molecule has 0 radical (unpaired) electrons. The van der Waals surface area contributed by atoms with Crippen molar-refractivity contribution >= 4 is 17.6 Å². The summed E-state index contributed by atoms with van der Waals surface area (Å²) in [6.45, 7) is 0. The van der Waals surface area contributed by atoms with Gasteiger partial charge in [-0.15, -0.1) is 0 Å². The SMILES string of the molecule is O=c1ncnc(C=S)o1. The van der Waals surface area contributed by atoms with Crippen molar-refractivity contribution in [3.63, 3.8) is 0 Å². The minimum atomic E-state index is -0.680. The first-order chi connectivity index (χ1) is 4.33. The average molecular weight is 142 g/mol. The molecule has 0 aliphatic heterocycles. The van der Waals surface area contributed by atoms with Gasteiger partial charge in [0.2, 0.25) is 5.89 Å². The Morgan fingerprint density at radius 2 is 2.44 bits per heavy atom. The van der Waals surface area contributed by atoms with Crippen LogP contribution < -0.4 is 5.76 Å². The van der Waals surface area contributed by atoms with Crippen LogP contribution in [-0.4, -0.2) is 15.3 Å². The second-order valence-electron chi connectivity index (χ2n) is 1.20. The number of rotatable bonds is 1. The molecule has 1 heterocycles. The van der Waals surface area contributed by atoms with Gasteiger partial charge in [0.15, 0.2) is 0 Å². The predicted molar refractivity (Wildman–Crippen MR) is 33.3 cm³/mol. The number of aromatic nitrogens is 2. The van der Waals surface area contributed by atoms with Crippen LogP contribution in [-0.2, 0) is 0 Å². The zero-order valence-corrected chi connectivity index (χ0v) is 5.09. The van der Waals surface area contributed by atoms with Crippen LogP contribution in [0.3, 0.4) is 0 Å². The lowest BCUT2D eigenvalue weighted by Crippen LogP contribution is -2.05. The van der Waals surface area contributed by atoms with Crippen LogP contribution in [0.4, 0.5) is 0 Å². The largest absolute Gasteiger partial charge is 0.441 e. The van der Waals surface area contributed by atoms with Gasteiger partial charge in [-0.2, -0.15) is 4.98 Å². The van der Waals surface area contributed by atoms with E-state index in [-0.39, 0.29) is 5.89 Å². The number of hydrogen-bond donors (Lipinski definition) is 0. The smallest absolute Gasteiger partial charge is 0.389 e. The van der Waals surface area contributed by atoms with Crippen LogP contribution >= 0.6 is 12.2 Å². The average Bonchev–Trinajstić information content (AvgIpc) is 1.88. The van der Waals surface area contributed by atoms with Crippen molar-refractivity contribution in [1.82, 2.24) is 9.97 Å². The summed E-state index contributed by atoms with van der Waals surface area (Å²) in [5, 5.41) is 1.17. The van der Waals surface area contributed by atoms with Crippen molar-refractivity contribution in [2.75, 3.05) is 0 Å². The minimum Gasteiger partial charge on any atom is -0.389 e. The van der Waals surface area contributed by atoms with E-state index in [0.717, 1.165) is 6.33 Å². The van der Waals surface area contributed by atoms with Gasteiger partial charge < -0.3 is 4.42 Å². The Morgan fingerprint density at radius 1 is 1.67 bits per heavy atom. The summed E-state index contributed by atoms with van der Waals surface area (Å²) in [5.41, 5.74) is 0. The molecular weight excluding hydrogens is 140 g/mol. The molecule has 0 unspecified atom stereocenters. The Labute approximate surface area is 55.6 Å². The Balaban J connectivity index is 3.23. The summed E-state index contributed by atoms with van der Waals surface area (Å²) in [5.74, 6) is -0.564. The Hall–Kier alpha value is -1.10. The molecule has 9 heavy (non-hydrogen) atoms. The molecule has 0 aliphatic carbocycles. The van der Waals surface area contributed by atoms with Crippen LogP contribution in [0.15, 0.2) is 15.5 Å². The van der Waals surface area contributed by atoms with Crippen LogP contribution in [0.5, 0.6) is 0 Å². The maximum absolute atomic E-state index is 10.3. The fraction of sp³-hybridized carbons (Fsp3) is 0. The molecule has 0 N–H and O–H groups in total. The molecule has 1 rings (SSSR count). The van der Waals surface area contributed by atoms with Gasteiger partial charge in [-0.05, 0) is 0 Å². The molecule has 0 fully saturated rings. The summed E-state index contributed by atoms with van der Waals surface area (Å²) in [7, 11) is 0. The minimum absolute atomic E-state index is 0.116. The van der Waals surface area contributed by atoms with Crippen LogP contribution in [0.1, 0.15) is 5.89 Å². The Morgan fingerprint density at radius 3 is 2.89 bits per heavy atom. The van der Waals surface area contributed by atoms with Crippen molar-refractivity contribution in [2.24, 2.45) is 0 Å². The number of thiocarbonyl (C=S) groups is 1. The maximum atomic E-state index is 10.3. The van der Waals surface area contributed by atoms with E-state index < -0.39 is 5.76 Å². The van der Waals surface area contributed by atoms with E-state index in [4.69, 9.17) is 0 Å². The molecule has 0 aliphatic rings. The van der Waals surface area contributed by atoms with Crippen molar-refractivity contribution in [3.05, 3.63) is 22.8 Å². The quantitative estimate of drug-likeness (QED) is 0.507. The number of hydrogen-bond acceptors (Lipinski definition) is 5. The summed E-state index contributed by atoms with van der Waals surface area (Å²) in [6.07, 6.45) is 1.10. The van der Waals surface area contributed by atoms with Crippen LogP contribution in [0.2, 0.25) is 0 Å². The lowest BCUT2D eigenvalue weighted by molar-refractivity contribution is 0.456. The van der Waals surface area contributed by atoms with Crippen molar-refractivity contribution < 1.29 is 4.42 Å². The van der Waals surface area contributed by atoms with E-state index in [9.17, 15) is 4.79 Å². The van der Waals surface area contributed by atoms with Gasteiger partial charge in [-0.3, -0.25) is 0 Å². The fourth-order valence-electron chi connectivity index (χ4n) is 0.330. The third-order valence-electron chi connectivity index (χ3n) is 0.641. The molecule has 0 atom stereocenters. The highest BCUT2D eigenvalue weighted by Crippen LogP contribution is 1.78. The molecule has 1 aromatic rings. The molecular formula is C4H2N2O2S. The topological polar surface area (TPSA) is 56.0 Å². The summed E-state index contributed by atoms with van der Waals surface area (Å²) < 4.78 is 4.39. The summed E-state index contributed by atoms with van der Waals surface area (Å²) >= 11 is 4.43. The fourth-order valence-corrected chi connectivity index (χ4v) is 0.439. The van der Waals surface area contributed by atoms with Gasteiger partial charge in [0.25, 0.3) is 0 Å². The molecule has 0 aromatic carbocycles. The van der Waals surface area contributed by atoms with Crippen molar-refractivity contribution in [1.29, 1.82) is 0 Å². The summed E-state index contributed by atoms with van der Waals surface area (Å²) in [4.78, 5) is 17.0. The van der Waals surface area contributed by atoms with Gasteiger partial charge in [-0.25, -0.2) is 9.78 Å². The van der Waals surface area contributed by atoms with E-state index in [1.807, 2.05) is 0 Å². The Kier molecular flexibility index (Phi) is 1.64. The van der Waals surface area contributed by atoms with E-state index >= 15 is 0 Å². The molecule has 0 saturated carbocycles. The molecule has 4 nitrogen and oxygen atoms in total. The highest BCUT2D eigenvalue weighted by Gasteiger charge is 1.89. The first-order valence-corrected chi connectivity index (χ1v) is 2.57. The molecule has 1 aromatic heterocycles. The monoisotopic (exact) mass is 142 g/mol. The van der Waals surface area contributed by atoms with Gasteiger partial charge in [-0.1, -0.05) is 12.2 Å². The molecule has 0 spiro atoms. The maximum Gasteiger partial charge on any atom is 0.441 e. The van der Waals surface area contributed by atoms with Gasteiger partial charge in [0.05, 0.1) is 5.37 Å². The molecule has 0 bridgehead atoms. The van der Waals surface area contributed by atoms with Crippen LogP contribution in [0.25, 0.3) is 0 Å². The molecule has 46 valence electrons. The van der Waals surface area contributed by atoms with E-state index in [1.165, 1.54) is 5.37 Å². The third kappa shape index (κ3) is 1.39. The second-order valence-corrected chi connectivity index (χ2v) is 1.43. The Bertz CT molecular complexity index is 269. The van der Waals surface area contributed by atoms with Gasteiger partial charge >= 0.3 is 5.76 Å². The van der Waals surface area contributed by atoms with Gasteiger partial charge in [0.1, 0.15) is 6.33 Å². The summed E-state index contributed by atoms with van der Waals surface area (Å²) in [6, 6.07) is 0. The van der Waals surface area contributed by atoms with Crippen molar-refractivity contribution in [2.45, 2.75) is 0 Å². The lowest BCUT2D eigenvalue weighted by atomic mass is 10.8. The second kappa shape index (κ2) is 2.45. The first kappa shape index (κ1) is 6.03. The van der Waals surface area contributed by atoms with Crippen LogP contribution in [0, 0.1) is 0 Å². The number of nitrogens with zero attached hydrogens (tertiary/aromatic N) is 2. The highest BCUT2D eigenvalue weighted by atomic mass is 32.1. The normalized spacial score (nSPS) is 8.89. The predicted octanol–water partition coefficient (Wildman–Crippen LogP) is -0.222.